The lowest BCUT2D eigenvalue weighted by Gasteiger charge is -2.07. The van der Waals surface area contributed by atoms with Crippen LogP contribution in [0.15, 0.2) is 17.4 Å². The maximum Gasteiger partial charge on any atom is 0.204 e. The van der Waals surface area contributed by atoms with Gasteiger partial charge in [0.15, 0.2) is 12.1 Å². The molecule has 7 nitrogen and oxygen atoms in total. The van der Waals surface area contributed by atoms with E-state index in [0.717, 1.165) is 25.5 Å². The average molecular weight is 221 g/mol. The van der Waals surface area contributed by atoms with E-state index in [-0.39, 0.29) is 0 Å². The van der Waals surface area contributed by atoms with Gasteiger partial charge in [-0.2, -0.15) is 5.26 Å². The first-order valence-electron chi connectivity index (χ1n) is 4.96. The second-order valence-corrected chi connectivity index (χ2v) is 2.95. The smallest absolute Gasteiger partial charge is 0.204 e. The maximum atomic E-state index is 8.39. The summed E-state index contributed by atoms with van der Waals surface area (Å²) in [6.45, 7) is 1.53. The molecule has 0 amide bonds. The first-order valence-corrected chi connectivity index (χ1v) is 4.96. The van der Waals surface area contributed by atoms with Crippen molar-refractivity contribution in [1.82, 2.24) is 20.6 Å². The number of rotatable bonds is 5. The number of hydrogen-bond donors (Lipinski definition) is 4. The van der Waals surface area contributed by atoms with E-state index >= 15 is 0 Å². The number of aliphatic imine (C=N–C) groups is 1. The zero-order valence-corrected chi connectivity index (χ0v) is 9.12. The lowest BCUT2D eigenvalue weighted by molar-refractivity contribution is 0.786. The third-order valence-electron chi connectivity index (χ3n) is 1.83. The summed E-state index contributed by atoms with van der Waals surface area (Å²) in [5.74, 6) is 1.25. The molecule has 0 atom stereocenters. The van der Waals surface area contributed by atoms with Crippen molar-refractivity contribution >= 4 is 11.9 Å². The van der Waals surface area contributed by atoms with E-state index in [0.29, 0.717) is 5.96 Å². The van der Waals surface area contributed by atoms with E-state index < -0.39 is 0 Å². The molecule has 0 bridgehead atoms. The Morgan fingerprint density at radius 3 is 3.12 bits per heavy atom. The summed E-state index contributed by atoms with van der Waals surface area (Å²) in [7, 11) is 1.62. The van der Waals surface area contributed by atoms with Gasteiger partial charge >= 0.3 is 0 Å². The largest absolute Gasteiger partial charge is 0.356 e. The standard InChI is InChI=1S/C9H15N7/c1-11-8(16-7-10)12-3-2-4-13-9-14-5-6-15-9/h5-6H,2-4H2,1H3,(H2,11,12,16)(H2,13,14,15). The highest BCUT2D eigenvalue weighted by atomic mass is 15.2. The number of nitrogens with one attached hydrogen (secondary N) is 4. The van der Waals surface area contributed by atoms with Crippen LogP contribution < -0.4 is 16.0 Å². The summed E-state index contributed by atoms with van der Waals surface area (Å²) < 4.78 is 0. The molecule has 1 aromatic rings. The lowest BCUT2D eigenvalue weighted by Crippen LogP contribution is -2.35. The Morgan fingerprint density at radius 1 is 1.62 bits per heavy atom. The Morgan fingerprint density at radius 2 is 2.50 bits per heavy atom. The molecule has 0 spiro atoms. The third kappa shape index (κ3) is 4.32. The molecule has 1 rings (SSSR count). The van der Waals surface area contributed by atoms with E-state index in [1.54, 1.807) is 19.4 Å². The summed E-state index contributed by atoms with van der Waals surface area (Å²) in [5.41, 5.74) is 0. The van der Waals surface area contributed by atoms with Crippen LogP contribution in [0, 0.1) is 11.5 Å². The summed E-state index contributed by atoms with van der Waals surface area (Å²) in [5, 5.41) is 16.9. The summed E-state index contributed by atoms with van der Waals surface area (Å²) in [6.07, 6.45) is 6.16. The number of nitriles is 1. The van der Waals surface area contributed by atoms with Gasteiger partial charge in [0, 0.05) is 32.5 Å². The molecular formula is C9H15N7. The molecule has 0 unspecified atom stereocenters. The monoisotopic (exact) mass is 221 g/mol. The van der Waals surface area contributed by atoms with Gasteiger partial charge in [0.2, 0.25) is 5.96 Å². The van der Waals surface area contributed by atoms with E-state index in [1.165, 1.54) is 0 Å². The molecular weight excluding hydrogens is 206 g/mol. The van der Waals surface area contributed by atoms with Gasteiger partial charge in [-0.3, -0.25) is 10.3 Å². The number of anilines is 1. The topological polar surface area (TPSA) is 101 Å². The van der Waals surface area contributed by atoms with Crippen molar-refractivity contribution in [3.05, 3.63) is 12.4 Å². The Bertz CT molecular complexity index is 348. The fraction of sp³-hybridized carbons (Fsp3) is 0.444. The zero-order valence-electron chi connectivity index (χ0n) is 9.12. The number of H-pyrrole nitrogens is 1. The molecule has 7 heteroatoms. The van der Waals surface area contributed by atoms with E-state index in [4.69, 9.17) is 5.26 Å². The number of nitrogens with zero attached hydrogens (tertiary/aromatic N) is 3. The van der Waals surface area contributed by atoms with Crippen molar-refractivity contribution in [1.29, 1.82) is 5.26 Å². The van der Waals surface area contributed by atoms with Crippen LogP contribution in [0.4, 0.5) is 5.95 Å². The van der Waals surface area contributed by atoms with E-state index in [9.17, 15) is 0 Å². The maximum absolute atomic E-state index is 8.39. The second kappa shape index (κ2) is 7.11. The number of imidazole rings is 1. The SMILES string of the molecule is C/N=C(\NC#N)NCCCNc1ncc[nH]1. The zero-order chi connectivity index (χ0) is 11.6. The predicted molar refractivity (Wildman–Crippen MR) is 61.8 cm³/mol. The van der Waals surface area contributed by atoms with Crippen molar-refractivity contribution in [2.75, 3.05) is 25.5 Å². The third-order valence-corrected chi connectivity index (χ3v) is 1.83. The van der Waals surface area contributed by atoms with Gasteiger partial charge in [0.25, 0.3) is 0 Å². The van der Waals surface area contributed by atoms with E-state index in [1.807, 2.05) is 6.19 Å². The first-order chi connectivity index (χ1) is 7.86. The van der Waals surface area contributed by atoms with Crippen LogP contribution in [-0.4, -0.2) is 36.1 Å². The number of aromatic nitrogens is 2. The molecule has 1 aromatic heterocycles. The Hall–Kier alpha value is -2.23. The predicted octanol–water partition coefficient (Wildman–Crippen LogP) is -0.142. The Kier molecular flexibility index (Phi) is 5.27. The van der Waals surface area contributed by atoms with Crippen LogP contribution in [0.3, 0.4) is 0 Å². The minimum atomic E-state index is 0.487. The van der Waals surface area contributed by atoms with Crippen molar-refractivity contribution in [3.63, 3.8) is 0 Å². The van der Waals surface area contributed by atoms with Gasteiger partial charge in [-0.15, -0.1) is 0 Å². The summed E-state index contributed by atoms with van der Waals surface area (Å²) >= 11 is 0. The molecule has 86 valence electrons. The molecule has 0 saturated heterocycles. The highest BCUT2D eigenvalue weighted by molar-refractivity contribution is 5.80. The van der Waals surface area contributed by atoms with Crippen molar-refractivity contribution < 1.29 is 0 Å². The minimum absolute atomic E-state index is 0.487. The van der Waals surface area contributed by atoms with Crippen LogP contribution >= 0.6 is 0 Å². The van der Waals surface area contributed by atoms with Crippen molar-refractivity contribution in [2.24, 2.45) is 4.99 Å². The molecule has 0 aliphatic carbocycles. The normalized spacial score (nSPS) is 10.6. The average Bonchev–Trinajstić information content (AvgIpc) is 2.80. The van der Waals surface area contributed by atoms with Gasteiger partial charge in [0.1, 0.15) is 0 Å². The Labute approximate surface area is 94.0 Å². The van der Waals surface area contributed by atoms with Gasteiger partial charge < -0.3 is 15.6 Å². The fourth-order valence-corrected chi connectivity index (χ4v) is 1.10. The lowest BCUT2D eigenvalue weighted by atomic mass is 10.4. The van der Waals surface area contributed by atoms with Crippen LogP contribution in [0.5, 0.6) is 0 Å². The molecule has 4 N–H and O–H groups in total. The van der Waals surface area contributed by atoms with Crippen LogP contribution in [-0.2, 0) is 0 Å². The van der Waals surface area contributed by atoms with Gasteiger partial charge in [0.05, 0.1) is 0 Å². The van der Waals surface area contributed by atoms with Gasteiger partial charge in [-0.05, 0) is 6.42 Å². The molecule has 0 saturated carbocycles. The quantitative estimate of drug-likeness (QED) is 0.182. The van der Waals surface area contributed by atoms with Crippen LogP contribution in [0.2, 0.25) is 0 Å². The first kappa shape index (κ1) is 11.8. The van der Waals surface area contributed by atoms with Crippen molar-refractivity contribution in [3.8, 4) is 6.19 Å². The van der Waals surface area contributed by atoms with Crippen LogP contribution in [0.1, 0.15) is 6.42 Å². The van der Waals surface area contributed by atoms with Gasteiger partial charge in [-0.25, -0.2) is 4.98 Å². The minimum Gasteiger partial charge on any atom is -0.356 e. The summed E-state index contributed by atoms with van der Waals surface area (Å²) in [4.78, 5) is 10.8. The number of aromatic amines is 1. The second-order valence-electron chi connectivity index (χ2n) is 2.95. The number of guanidine groups is 1. The van der Waals surface area contributed by atoms with Crippen LogP contribution in [0.25, 0.3) is 0 Å². The van der Waals surface area contributed by atoms with Gasteiger partial charge in [-0.1, -0.05) is 0 Å². The molecule has 0 aromatic carbocycles. The highest BCUT2D eigenvalue weighted by Gasteiger charge is 1.95. The highest BCUT2D eigenvalue weighted by Crippen LogP contribution is 1.93. The molecule has 0 fully saturated rings. The van der Waals surface area contributed by atoms with E-state index in [2.05, 4.69) is 30.9 Å². The molecule has 1 heterocycles. The van der Waals surface area contributed by atoms with Crippen molar-refractivity contribution in [2.45, 2.75) is 6.42 Å². The number of hydrogen-bond acceptors (Lipinski definition) is 4. The molecule has 0 radical (unpaired) electrons. The Balaban J connectivity index is 2.06. The summed E-state index contributed by atoms with van der Waals surface area (Å²) in [6, 6.07) is 0. The molecule has 0 aliphatic heterocycles. The molecule has 0 aliphatic rings. The molecule has 16 heavy (non-hydrogen) atoms. The fourth-order valence-electron chi connectivity index (χ4n) is 1.10.